The van der Waals surface area contributed by atoms with Gasteiger partial charge in [-0.1, -0.05) is 0 Å². The Kier molecular flexibility index (Phi) is 2.58. The van der Waals surface area contributed by atoms with Gasteiger partial charge in [-0.2, -0.15) is 0 Å². The van der Waals surface area contributed by atoms with Crippen LogP contribution in [-0.2, 0) is 6.54 Å². The molecule has 0 aliphatic carbocycles. The summed E-state index contributed by atoms with van der Waals surface area (Å²) in [5.74, 6) is 2.60. The van der Waals surface area contributed by atoms with Gasteiger partial charge < -0.3 is 15.5 Å². The zero-order valence-electron chi connectivity index (χ0n) is 8.53. The monoisotopic (exact) mass is 203 g/mol. The largest absolute Gasteiger partial charge is 0.465 e. The number of nitrogen functional groups attached to an aromatic ring is 1. The first-order valence-corrected chi connectivity index (χ1v) is 4.75. The van der Waals surface area contributed by atoms with E-state index in [0.717, 1.165) is 17.3 Å². The summed E-state index contributed by atoms with van der Waals surface area (Å²) in [6.45, 7) is 2.55. The second-order valence-electron chi connectivity index (χ2n) is 3.34. The number of aryl methyl sites for hydroxylation is 1. The van der Waals surface area contributed by atoms with E-state index in [1.54, 1.807) is 6.20 Å². The second kappa shape index (κ2) is 4.04. The standard InChI is InChI=1S/C11H13N3O/c1-8-2-4-10(15-8)7-14-11-5-3-9(12)6-13-11/h2-6H,7,12H2,1H3,(H,13,14). The maximum Gasteiger partial charge on any atom is 0.126 e. The maximum atomic E-state index is 5.53. The van der Waals surface area contributed by atoms with Crippen molar-refractivity contribution in [2.24, 2.45) is 0 Å². The highest BCUT2D eigenvalue weighted by Gasteiger charge is 1.98. The molecule has 3 N–H and O–H groups in total. The molecule has 0 saturated heterocycles. The van der Waals surface area contributed by atoms with Crippen molar-refractivity contribution >= 4 is 11.5 Å². The summed E-state index contributed by atoms with van der Waals surface area (Å²) in [5, 5.41) is 3.14. The van der Waals surface area contributed by atoms with E-state index in [0.29, 0.717) is 12.2 Å². The van der Waals surface area contributed by atoms with Gasteiger partial charge in [-0.3, -0.25) is 0 Å². The van der Waals surface area contributed by atoms with Gasteiger partial charge in [0.15, 0.2) is 0 Å². The van der Waals surface area contributed by atoms with Crippen LogP contribution in [0.3, 0.4) is 0 Å². The van der Waals surface area contributed by atoms with Crippen molar-refractivity contribution in [2.75, 3.05) is 11.1 Å². The zero-order valence-corrected chi connectivity index (χ0v) is 8.53. The third kappa shape index (κ3) is 2.49. The lowest BCUT2D eigenvalue weighted by molar-refractivity contribution is 0.490. The van der Waals surface area contributed by atoms with Gasteiger partial charge in [0.1, 0.15) is 17.3 Å². The van der Waals surface area contributed by atoms with Gasteiger partial charge in [0, 0.05) is 0 Å². The van der Waals surface area contributed by atoms with Crippen LogP contribution in [0.1, 0.15) is 11.5 Å². The fourth-order valence-electron chi connectivity index (χ4n) is 1.27. The summed E-state index contributed by atoms with van der Waals surface area (Å²) in [6.07, 6.45) is 1.62. The molecule has 0 aliphatic rings. The predicted octanol–water partition coefficient (Wildman–Crippen LogP) is 2.18. The molecule has 0 bridgehead atoms. The highest BCUT2D eigenvalue weighted by atomic mass is 16.3. The number of pyridine rings is 1. The number of nitrogens with zero attached hydrogens (tertiary/aromatic N) is 1. The van der Waals surface area contributed by atoms with Crippen LogP contribution in [0.4, 0.5) is 11.5 Å². The molecule has 2 heterocycles. The van der Waals surface area contributed by atoms with Crippen molar-refractivity contribution < 1.29 is 4.42 Å². The van der Waals surface area contributed by atoms with Gasteiger partial charge in [0.2, 0.25) is 0 Å². The number of aromatic nitrogens is 1. The van der Waals surface area contributed by atoms with Gasteiger partial charge in [-0.25, -0.2) is 4.98 Å². The summed E-state index contributed by atoms with van der Waals surface area (Å²) in [5.41, 5.74) is 6.19. The molecule has 0 saturated carbocycles. The molecule has 0 atom stereocenters. The molecule has 78 valence electrons. The Bertz CT molecular complexity index is 433. The molecule has 2 aromatic heterocycles. The Morgan fingerprint density at radius 2 is 2.20 bits per heavy atom. The Morgan fingerprint density at radius 3 is 2.80 bits per heavy atom. The lowest BCUT2D eigenvalue weighted by Crippen LogP contribution is -2.00. The number of rotatable bonds is 3. The number of nitrogens with two attached hydrogens (primary N) is 1. The van der Waals surface area contributed by atoms with E-state index in [9.17, 15) is 0 Å². The van der Waals surface area contributed by atoms with Gasteiger partial charge >= 0.3 is 0 Å². The predicted molar refractivity (Wildman–Crippen MR) is 59.4 cm³/mol. The third-order valence-electron chi connectivity index (χ3n) is 2.03. The van der Waals surface area contributed by atoms with Crippen LogP contribution in [0.5, 0.6) is 0 Å². The van der Waals surface area contributed by atoms with E-state index in [4.69, 9.17) is 10.2 Å². The first kappa shape index (κ1) is 9.58. The number of hydrogen-bond donors (Lipinski definition) is 2. The van der Waals surface area contributed by atoms with Gasteiger partial charge in [-0.15, -0.1) is 0 Å². The number of hydrogen-bond acceptors (Lipinski definition) is 4. The van der Waals surface area contributed by atoms with Crippen molar-refractivity contribution in [1.82, 2.24) is 4.98 Å². The van der Waals surface area contributed by atoms with Gasteiger partial charge in [0.25, 0.3) is 0 Å². The second-order valence-corrected chi connectivity index (χ2v) is 3.34. The minimum absolute atomic E-state index is 0.630. The van der Waals surface area contributed by atoms with Gasteiger partial charge in [-0.05, 0) is 31.2 Å². The van der Waals surface area contributed by atoms with E-state index in [1.165, 1.54) is 0 Å². The molecule has 4 heteroatoms. The molecular weight excluding hydrogens is 190 g/mol. The average molecular weight is 203 g/mol. The van der Waals surface area contributed by atoms with E-state index in [-0.39, 0.29) is 0 Å². The summed E-state index contributed by atoms with van der Waals surface area (Å²) >= 11 is 0. The summed E-state index contributed by atoms with van der Waals surface area (Å²) in [6, 6.07) is 7.53. The van der Waals surface area contributed by atoms with E-state index in [2.05, 4.69) is 10.3 Å². The maximum absolute atomic E-state index is 5.53. The highest BCUT2D eigenvalue weighted by Crippen LogP contribution is 2.10. The van der Waals surface area contributed by atoms with Crippen LogP contribution >= 0.6 is 0 Å². The molecule has 0 amide bonds. The van der Waals surface area contributed by atoms with Crippen molar-refractivity contribution in [3.63, 3.8) is 0 Å². The number of anilines is 2. The fraction of sp³-hybridized carbons (Fsp3) is 0.182. The minimum atomic E-state index is 0.630. The lowest BCUT2D eigenvalue weighted by Gasteiger charge is -2.02. The van der Waals surface area contributed by atoms with Crippen molar-refractivity contribution in [3.05, 3.63) is 42.0 Å². The molecule has 0 fully saturated rings. The third-order valence-corrected chi connectivity index (χ3v) is 2.03. The average Bonchev–Trinajstić information content (AvgIpc) is 2.64. The molecule has 0 unspecified atom stereocenters. The first-order valence-electron chi connectivity index (χ1n) is 4.75. The van der Waals surface area contributed by atoms with Crippen LogP contribution in [0.25, 0.3) is 0 Å². The molecule has 2 aromatic rings. The Morgan fingerprint density at radius 1 is 1.33 bits per heavy atom. The number of furan rings is 1. The van der Waals surface area contributed by atoms with Crippen LogP contribution in [0, 0.1) is 6.92 Å². The van der Waals surface area contributed by atoms with E-state index in [1.807, 2.05) is 31.2 Å². The molecule has 15 heavy (non-hydrogen) atoms. The molecule has 4 nitrogen and oxygen atoms in total. The molecular formula is C11H13N3O. The fourth-order valence-corrected chi connectivity index (χ4v) is 1.27. The van der Waals surface area contributed by atoms with Crippen LogP contribution in [0.15, 0.2) is 34.9 Å². The molecule has 0 spiro atoms. The Hall–Kier alpha value is -1.97. The summed E-state index contributed by atoms with van der Waals surface area (Å²) < 4.78 is 5.41. The van der Waals surface area contributed by atoms with E-state index < -0.39 is 0 Å². The quantitative estimate of drug-likeness (QED) is 0.802. The smallest absolute Gasteiger partial charge is 0.126 e. The molecule has 2 rings (SSSR count). The lowest BCUT2D eigenvalue weighted by atomic mass is 10.4. The minimum Gasteiger partial charge on any atom is -0.465 e. The van der Waals surface area contributed by atoms with E-state index >= 15 is 0 Å². The topological polar surface area (TPSA) is 64.1 Å². The zero-order chi connectivity index (χ0) is 10.7. The summed E-state index contributed by atoms with van der Waals surface area (Å²) in [4.78, 5) is 4.12. The Labute approximate surface area is 88.1 Å². The normalized spacial score (nSPS) is 10.2. The SMILES string of the molecule is Cc1ccc(CNc2ccc(N)cn2)o1. The molecule has 0 aromatic carbocycles. The summed E-state index contributed by atoms with van der Waals surface area (Å²) in [7, 11) is 0. The highest BCUT2D eigenvalue weighted by molar-refractivity contribution is 5.43. The molecule has 0 aliphatic heterocycles. The number of nitrogens with one attached hydrogen (secondary N) is 1. The first-order chi connectivity index (χ1) is 7.24. The van der Waals surface area contributed by atoms with Crippen molar-refractivity contribution in [3.8, 4) is 0 Å². The van der Waals surface area contributed by atoms with Crippen molar-refractivity contribution in [1.29, 1.82) is 0 Å². The van der Waals surface area contributed by atoms with Gasteiger partial charge in [0.05, 0.1) is 18.4 Å². The Balaban J connectivity index is 1.96. The van der Waals surface area contributed by atoms with Crippen LogP contribution < -0.4 is 11.1 Å². The molecule has 0 radical (unpaired) electrons. The van der Waals surface area contributed by atoms with Crippen LogP contribution in [0.2, 0.25) is 0 Å². The van der Waals surface area contributed by atoms with Crippen LogP contribution in [-0.4, -0.2) is 4.98 Å². The van der Waals surface area contributed by atoms with Crippen molar-refractivity contribution in [2.45, 2.75) is 13.5 Å².